The summed E-state index contributed by atoms with van der Waals surface area (Å²) in [6.07, 6.45) is 0. The molecule has 0 saturated carbocycles. The molecule has 0 unspecified atom stereocenters. The van der Waals surface area contributed by atoms with Gasteiger partial charge < -0.3 is 9.15 Å². The van der Waals surface area contributed by atoms with Crippen molar-refractivity contribution in [1.82, 2.24) is 9.88 Å². The molecule has 2 heterocycles. The molecule has 25 heavy (non-hydrogen) atoms. The van der Waals surface area contributed by atoms with Gasteiger partial charge in [-0.2, -0.15) is 0 Å². The maximum absolute atomic E-state index is 5.94. The van der Waals surface area contributed by atoms with E-state index in [1.807, 2.05) is 38.1 Å². The molecule has 132 valence electrons. The van der Waals surface area contributed by atoms with E-state index < -0.39 is 0 Å². The summed E-state index contributed by atoms with van der Waals surface area (Å²) in [6, 6.07) is 12.5. The standard InChI is InChI=1S/C20H24N2O2S/c1-5-23-18-10-7-6-9-16(18)20-21-17(15(3)24-20)13-22(4)14(2)19-11-8-12-25-19/h6-12,14H,5,13H2,1-4H3/t14-/m0/s1. The van der Waals surface area contributed by atoms with E-state index in [2.05, 4.69) is 36.4 Å². The molecule has 0 bridgehead atoms. The first kappa shape index (κ1) is 17.7. The predicted molar refractivity (Wildman–Crippen MR) is 102 cm³/mol. The first-order valence-corrected chi connectivity index (χ1v) is 9.40. The number of aromatic nitrogens is 1. The van der Waals surface area contributed by atoms with E-state index in [4.69, 9.17) is 14.1 Å². The Morgan fingerprint density at radius 2 is 2.04 bits per heavy atom. The Kier molecular flexibility index (Phi) is 5.56. The highest BCUT2D eigenvalue weighted by Crippen LogP contribution is 2.31. The van der Waals surface area contributed by atoms with Gasteiger partial charge in [0.1, 0.15) is 11.5 Å². The average molecular weight is 356 g/mol. The van der Waals surface area contributed by atoms with Gasteiger partial charge in [0.15, 0.2) is 0 Å². The molecule has 0 amide bonds. The number of oxazole rings is 1. The lowest BCUT2D eigenvalue weighted by atomic mass is 10.2. The van der Waals surface area contributed by atoms with Crippen molar-refractivity contribution in [2.75, 3.05) is 13.7 Å². The highest BCUT2D eigenvalue weighted by atomic mass is 32.1. The molecule has 5 heteroatoms. The van der Waals surface area contributed by atoms with Crippen LogP contribution in [0.1, 0.15) is 36.2 Å². The van der Waals surface area contributed by atoms with Gasteiger partial charge in [0.25, 0.3) is 0 Å². The monoisotopic (exact) mass is 356 g/mol. The lowest BCUT2D eigenvalue weighted by molar-refractivity contribution is 0.252. The first-order chi connectivity index (χ1) is 12.1. The summed E-state index contributed by atoms with van der Waals surface area (Å²) in [5.74, 6) is 2.28. The van der Waals surface area contributed by atoms with E-state index >= 15 is 0 Å². The van der Waals surface area contributed by atoms with E-state index in [0.717, 1.165) is 29.3 Å². The number of hydrogen-bond acceptors (Lipinski definition) is 5. The van der Waals surface area contributed by atoms with E-state index in [-0.39, 0.29) is 0 Å². The summed E-state index contributed by atoms with van der Waals surface area (Å²) < 4.78 is 11.6. The van der Waals surface area contributed by atoms with Crippen molar-refractivity contribution >= 4 is 11.3 Å². The minimum atomic E-state index is 0.343. The molecule has 0 N–H and O–H groups in total. The second-order valence-electron chi connectivity index (χ2n) is 6.06. The van der Waals surface area contributed by atoms with Crippen LogP contribution in [0, 0.1) is 6.92 Å². The van der Waals surface area contributed by atoms with E-state index in [1.165, 1.54) is 4.88 Å². The minimum Gasteiger partial charge on any atom is -0.493 e. The van der Waals surface area contributed by atoms with Gasteiger partial charge in [-0.1, -0.05) is 18.2 Å². The Morgan fingerprint density at radius 1 is 1.24 bits per heavy atom. The lowest BCUT2D eigenvalue weighted by Gasteiger charge is -2.22. The van der Waals surface area contributed by atoms with Crippen LogP contribution in [0.2, 0.25) is 0 Å². The molecule has 0 radical (unpaired) electrons. The van der Waals surface area contributed by atoms with Crippen molar-refractivity contribution in [2.45, 2.75) is 33.4 Å². The van der Waals surface area contributed by atoms with E-state index in [1.54, 1.807) is 11.3 Å². The third kappa shape index (κ3) is 3.94. The molecule has 4 nitrogen and oxygen atoms in total. The van der Waals surface area contributed by atoms with Gasteiger partial charge in [0, 0.05) is 17.5 Å². The highest BCUT2D eigenvalue weighted by molar-refractivity contribution is 7.10. The van der Waals surface area contributed by atoms with Crippen molar-refractivity contribution in [3.63, 3.8) is 0 Å². The number of benzene rings is 1. The van der Waals surface area contributed by atoms with Gasteiger partial charge in [-0.25, -0.2) is 4.98 Å². The molecule has 0 aliphatic heterocycles. The van der Waals surface area contributed by atoms with Gasteiger partial charge in [0.2, 0.25) is 5.89 Å². The van der Waals surface area contributed by atoms with Crippen molar-refractivity contribution in [3.05, 3.63) is 58.1 Å². The maximum atomic E-state index is 5.94. The van der Waals surface area contributed by atoms with Crippen LogP contribution in [0.3, 0.4) is 0 Å². The molecule has 3 aromatic rings. The quantitative estimate of drug-likeness (QED) is 0.575. The Morgan fingerprint density at radius 3 is 2.76 bits per heavy atom. The third-order valence-electron chi connectivity index (χ3n) is 4.33. The second-order valence-corrected chi connectivity index (χ2v) is 7.04. The highest BCUT2D eigenvalue weighted by Gasteiger charge is 2.19. The zero-order valence-corrected chi connectivity index (χ0v) is 16.0. The Labute approximate surface area is 153 Å². The summed E-state index contributed by atoms with van der Waals surface area (Å²) in [7, 11) is 2.12. The van der Waals surface area contributed by atoms with Crippen LogP contribution in [-0.2, 0) is 6.54 Å². The number of para-hydroxylation sites is 1. The molecule has 3 rings (SSSR count). The normalized spacial score (nSPS) is 12.5. The fourth-order valence-corrected chi connectivity index (χ4v) is 3.58. The number of thiophene rings is 1. The Hall–Kier alpha value is -2.11. The van der Waals surface area contributed by atoms with Crippen LogP contribution in [0.4, 0.5) is 0 Å². The number of hydrogen-bond donors (Lipinski definition) is 0. The molecule has 0 aliphatic rings. The summed E-state index contributed by atoms with van der Waals surface area (Å²) in [6.45, 7) is 7.52. The molecule has 0 aliphatic carbocycles. The predicted octanol–water partition coefficient (Wildman–Crippen LogP) is 5.30. The minimum absolute atomic E-state index is 0.343. The van der Waals surface area contributed by atoms with Gasteiger partial charge in [-0.05, 0) is 51.4 Å². The Bertz CT molecular complexity index is 811. The summed E-state index contributed by atoms with van der Waals surface area (Å²) in [4.78, 5) is 8.38. The SMILES string of the molecule is CCOc1ccccc1-c1nc(CN(C)[C@@H](C)c2cccs2)c(C)o1. The molecule has 1 aromatic carbocycles. The molecular formula is C20H24N2O2S. The first-order valence-electron chi connectivity index (χ1n) is 8.52. The number of nitrogens with zero attached hydrogens (tertiary/aromatic N) is 2. The number of ether oxygens (including phenoxy) is 1. The Balaban J connectivity index is 1.81. The average Bonchev–Trinajstić information content (AvgIpc) is 3.26. The molecular weight excluding hydrogens is 332 g/mol. The molecule has 2 aromatic heterocycles. The summed E-state index contributed by atoms with van der Waals surface area (Å²) in [5, 5.41) is 2.11. The fraction of sp³-hybridized carbons (Fsp3) is 0.350. The van der Waals surface area contributed by atoms with Gasteiger partial charge in [-0.15, -0.1) is 11.3 Å². The van der Waals surface area contributed by atoms with Crippen molar-refractivity contribution < 1.29 is 9.15 Å². The van der Waals surface area contributed by atoms with E-state index in [0.29, 0.717) is 18.5 Å². The van der Waals surface area contributed by atoms with Crippen LogP contribution in [-0.4, -0.2) is 23.5 Å². The van der Waals surface area contributed by atoms with Crippen molar-refractivity contribution in [1.29, 1.82) is 0 Å². The van der Waals surface area contributed by atoms with Crippen molar-refractivity contribution in [2.24, 2.45) is 0 Å². The van der Waals surface area contributed by atoms with Crippen LogP contribution < -0.4 is 4.74 Å². The number of rotatable bonds is 7. The molecule has 0 spiro atoms. The topological polar surface area (TPSA) is 38.5 Å². The zero-order valence-electron chi connectivity index (χ0n) is 15.2. The second kappa shape index (κ2) is 7.85. The summed E-state index contributed by atoms with van der Waals surface area (Å²) >= 11 is 1.78. The fourth-order valence-electron chi connectivity index (χ4n) is 2.73. The van der Waals surface area contributed by atoms with Crippen molar-refractivity contribution in [3.8, 4) is 17.2 Å². The van der Waals surface area contributed by atoms with Crippen LogP contribution in [0.25, 0.3) is 11.5 Å². The van der Waals surface area contributed by atoms with Crippen LogP contribution in [0.5, 0.6) is 5.75 Å². The van der Waals surface area contributed by atoms with Gasteiger partial charge >= 0.3 is 0 Å². The van der Waals surface area contributed by atoms with Gasteiger partial charge in [0.05, 0.1) is 17.9 Å². The third-order valence-corrected chi connectivity index (χ3v) is 5.37. The smallest absolute Gasteiger partial charge is 0.230 e. The van der Waals surface area contributed by atoms with E-state index in [9.17, 15) is 0 Å². The molecule has 1 atom stereocenters. The van der Waals surface area contributed by atoms with Crippen LogP contribution in [0.15, 0.2) is 46.2 Å². The molecule has 0 fully saturated rings. The number of aryl methyl sites for hydroxylation is 1. The lowest BCUT2D eigenvalue weighted by Crippen LogP contribution is -2.21. The van der Waals surface area contributed by atoms with Gasteiger partial charge in [-0.3, -0.25) is 4.90 Å². The largest absolute Gasteiger partial charge is 0.493 e. The molecule has 0 saturated heterocycles. The zero-order chi connectivity index (χ0) is 17.8. The maximum Gasteiger partial charge on any atom is 0.230 e. The van der Waals surface area contributed by atoms with Crippen LogP contribution >= 0.6 is 11.3 Å². The summed E-state index contributed by atoms with van der Waals surface area (Å²) in [5.41, 5.74) is 1.86.